The summed E-state index contributed by atoms with van der Waals surface area (Å²) in [6.45, 7) is 3.71. The zero-order valence-corrected chi connectivity index (χ0v) is 12.8. The van der Waals surface area contributed by atoms with Crippen LogP contribution in [0.1, 0.15) is 32.6 Å². The molecule has 6 heteroatoms. The summed E-state index contributed by atoms with van der Waals surface area (Å²) in [7, 11) is 1.87. The third-order valence-electron chi connectivity index (χ3n) is 4.40. The van der Waals surface area contributed by atoms with Crippen molar-refractivity contribution < 1.29 is 9.53 Å². The predicted molar refractivity (Wildman–Crippen MR) is 80.2 cm³/mol. The zero-order chi connectivity index (χ0) is 14.8. The fourth-order valence-electron chi connectivity index (χ4n) is 3.23. The number of hydrogen-bond acceptors (Lipinski definition) is 4. The van der Waals surface area contributed by atoms with Crippen molar-refractivity contribution in [2.45, 2.75) is 50.8 Å². The Kier molecular flexibility index (Phi) is 4.26. The quantitative estimate of drug-likeness (QED) is 0.902. The third kappa shape index (κ3) is 3.11. The van der Waals surface area contributed by atoms with Crippen LogP contribution in [0.3, 0.4) is 0 Å². The van der Waals surface area contributed by atoms with Crippen LogP contribution in [0.15, 0.2) is 12.3 Å². The van der Waals surface area contributed by atoms with Gasteiger partial charge < -0.3 is 10.1 Å². The van der Waals surface area contributed by atoms with Crippen molar-refractivity contribution in [2.75, 3.05) is 18.1 Å². The molecule has 3 heterocycles. The van der Waals surface area contributed by atoms with Gasteiger partial charge in [0.2, 0.25) is 5.91 Å². The fraction of sp³-hybridized carbons (Fsp3) is 0.733. The number of nitrogens with one attached hydrogen (secondary N) is 1. The van der Waals surface area contributed by atoms with Gasteiger partial charge in [-0.1, -0.05) is 0 Å². The molecule has 0 aliphatic carbocycles. The molecule has 0 radical (unpaired) electrons. The van der Waals surface area contributed by atoms with E-state index < -0.39 is 0 Å². The number of ether oxygens (including phenoxy) is 1. The molecule has 1 aromatic rings. The molecule has 3 atom stereocenters. The molecule has 0 spiro atoms. The molecule has 1 aromatic heterocycles. The number of nitrogens with zero attached hydrogens (tertiary/aromatic N) is 3. The van der Waals surface area contributed by atoms with Crippen molar-refractivity contribution in [3.63, 3.8) is 0 Å². The maximum atomic E-state index is 12.7. The molecule has 6 nitrogen and oxygen atoms in total. The van der Waals surface area contributed by atoms with E-state index in [0.29, 0.717) is 0 Å². The van der Waals surface area contributed by atoms with Crippen LogP contribution in [0.2, 0.25) is 0 Å². The van der Waals surface area contributed by atoms with Crippen molar-refractivity contribution in [1.29, 1.82) is 0 Å². The summed E-state index contributed by atoms with van der Waals surface area (Å²) in [5, 5.41) is 7.81. The molecule has 0 saturated carbocycles. The van der Waals surface area contributed by atoms with Gasteiger partial charge in [0.25, 0.3) is 0 Å². The third-order valence-corrected chi connectivity index (χ3v) is 4.40. The van der Waals surface area contributed by atoms with Crippen molar-refractivity contribution in [3.05, 3.63) is 12.3 Å². The van der Waals surface area contributed by atoms with Gasteiger partial charge in [0.15, 0.2) is 5.82 Å². The molecule has 0 unspecified atom stereocenters. The van der Waals surface area contributed by atoms with Gasteiger partial charge in [-0.3, -0.25) is 14.4 Å². The van der Waals surface area contributed by atoms with Crippen molar-refractivity contribution in [1.82, 2.24) is 15.1 Å². The Hall–Kier alpha value is -1.40. The average molecular weight is 292 g/mol. The molecule has 0 bridgehead atoms. The molecule has 2 fully saturated rings. The van der Waals surface area contributed by atoms with E-state index in [9.17, 15) is 4.79 Å². The highest BCUT2D eigenvalue weighted by Gasteiger charge is 2.33. The second-order valence-corrected chi connectivity index (χ2v) is 6.04. The van der Waals surface area contributed by atoms with Crippen LogP contribution in [0.4, 0.5) is 5.82 Å². The van der Waals surface area contributed by atoms with Crippen LogP contribution in [0.5, 0.6) is 0 Å². The van der Waals surface area contributed by atoms with E-state index in [1.165, 1.54) is 0 Å². The first-order chi connectivity index (χ1) is 10.1. The zero-order valence-electron chi connectivity index (χ0n) is 12.8. The SMILES string of the molecule is C[C@H](N[C@@H]1CCCN(c2ccn(C)n2)C1=O)[C@H]1CCCO1. The summed E-state index contributed by atoms with van der Waals surface area (Å²) < 4.78 is 7.43. The molecule has 2 aliphatic heterocycles. The van der Waals surface area contributed by atoms with E-state index in [-0.39, 0.29) is 24.1 Å². The number of piperidine rings is 1. The molecule has 1 amide bonds. The second-order valence-electron chi connectivity index (χ2n) is 6.04. The Morgan fingerprint density at radius 1 is 1.43 bits per heavy atom. The largest absolute Gasteiger partial charge is 0.377 e. The maximum Gasteiger partial charge on any atom is 0.245 e. The molecule has 116 valence electrons. The summed E-state index contributed by atoms with van der Waals surface area (Å²) in [5.41, 5.74) is 0. The highest BCUT2D eigenvalue weighted by molar-refractivity contribution is 5.97. The van der Waals surface area contributed by atoms with Crippen molar-refractivity contribution in [3.8, 4) is 0 Å². The first-order valence-corrected chi connectivity index (χ1v) is 7.84. The van der Waals surface area contributed by atoms with Crippen LogP contribution < -0.4 is 10.2 Å². The van der Waals surface area contributed by atoms with E-state index in [0.717, 1.165) is 44.7 Å². The summed E-state index contributed by atoms with van der Waals surface area (Å²) in [4.78, 5) is 14.5. The first-order valence-electron chi connectivity index (χ1n) is 7.84. The highest BCUT2D eigenvalue weighted by Crippen LogP contribution is 2.21. The number of rotatable bonds is 4. The Morgan fingerprint density at radius 3 is 2.95 bits per heavy atom. The summed E-state index contributed by atoms with van der Waals surface area (Å²) in [6.07, 6.45) is 6.20. The minimum absolute atomic E-state index is 0.125. The number of hydrogen-bond donors (Lipinski definition) is 1. The molecule has 21 heavy (non-hydrogen) atoms. The lowest BCUT2D eigenvalue weighted by atomic mass is 10.0. The minimum Gasteiger partial charge on any atom is -0.377 e. The lowest BCUT2D eigenvalue weighted by molar-refractivity contribution is -0.122. The Balaban J connectivity index is 1.64. The van der Waals surface area contributed by atoms with E-state index in [2.05, 4.69) is 17.3 Å². The summed E-state index contributed by atoms with van der Waals surface area (Å²) in [5.74, 6) is 0.878. The lowest BCUT2D eigenvalue weighted by Gasteiger charge is -2.34. The summed E-state index contributed by atoms with van der Waals surface area (Å²) in [6, 6.07) is 1.98. The van der Waals surface area contributed by atoms with Gasteiger partial charge in [-0.25, -0.2) is 0 Å². The van der Waals surface area contributed by atoms with E-state index in [1.54, 1.807) is 9.58 Å². The normalized spacial score (nSPS) is 28.1. The number of carbonyl (C=O) groups excluding carboxylic acids is 1. The monoisotopic (exact) mass is 292 g/mol. The van der Waals surface area contributed by atoms with E-state index in [1.807, 2.05) is 19.3 Å². The lowest BCUT2D eigenvalue weighted by Crippen LogP contribution is -2.55. The number of aromatic nitrogens is 2. The molecule has 0 aromatic carbocycles. The molecule has 2 aliphatic rings. The van der Waals surface area contributed by atoms with Crippen molar-refractivity contribution >= 4 is 11.7 Å². The highest BCUT2D eigenvalue weighted by atomic mass is 16.5. The van der Waals surface area contributed by atoms with Crippen LogP contribution in [-0.4, -0.2) is 47.0 Å². The number of anilines is 1. The molecule has 2 saturated heterocycles. The summed E-state index contributed by atoms with van der Waals surface area (Å²) >= 11 is 0. The van der Waals surface area contributed by atoms with Gasteiger partial charge in [0.1, 0.15) is 0 Å². The van der Waals surface area contributed by atoms with Gasteiger partial charge in [-0.15, -0.1) is 0 Å². The van der Waals surface area contributed by atoms with Gasteiger partial charge in [-0.05, 0) is 32.6 Å². The fourth-order valence-corrected chi connectivity index (χ4v) is 3.23. The number of carbonyl (C=O) groups is 1. The smallest absolute Gasteiger partial charge is 0.245 e. The van der Waals surface area contributed by atoms with Crippen LogP contribution in [0.25, 0.3) is 0 Å². The standard InChI is InChI=1S/C15H24N4O2/c1-11(13-6-4-10-21-13)16-12-5-3-8-19(15(12)20)14-7-9-18(2)17-14/h7,9,11-13,16H,3-6,8,10H2,1-2H3/t11-,12+,13+/m0/s1. The topological polar surface area (TPSA) is 59.4 Å². The first kappa shape index (κ1) is 14.5. The average Bonchev–Trinajstić information content (AvgIpc) is 3.12. The molecular formula is C15H24N4O2. The second kappa shape index (κ2) is 6.15. The maximum absolute atomic E-state index is 12.7. The van der Waals surface area contributed by atoms with E-state index >= 15 is 0 Å². The Bertz CT molecular complexity index is 496. The van der Waals surface area contributed by atoms with E-state index in [4.69, 9.17) is 4.74 Å². The molecular weight excluding hydrogens is 268 g/mol. The Morgan fingerprint density at radius 2 is 2.29 bits per heavy atom. The van der Waals surface area contributed by atoms with Crippen molar-refractivity contribution in [2.24, 2.45) is 7.05 Å². The Labute approximate surface area is 125 Å². The van der Waals surface area contributed by atoms with Gasteiger partial charge >= 0.3 is 0 Å². The van der Waals surface area contributed by atoms with Gasteiger partial charge in [-0.2, -0.15) is 5.10 Å². The van der Waals surface area contributed by atoms with Crippen LogP contribution in [0, 0.1) is 0 Å². The molecule has 1 N–H and O–H groups in total. The number of amides is 1. The van der Waals surface area contributed by atoms with Crippen LogP contribution in [-0.2, 0) is 16.6 Å². The number of aryl methyl sites for hydroxylation is 1. The minimum atomic E-state index is -0.125. The van der Waals surface area contributed by atoms with Crippen LogP contribution >= 0.6 is 0 Å². The van der Waals surface area contributed by atoms with Gasteiger partial charge in [0.05, 0.1) is 12.1 Å². The predicted octanol–water partition coefficient (Wildman–Crippen LogP) is 1.07. The molecule has 3 rings (SSSR count). The van der Waals surface area contributed by atoms with Gasteiger partial charge in [0, 0.05) is 38.5 Å².